The largest absolute Gasteiger partial charge is 0.329 e. The molecular formula is C15H25N3. The maximum absolute atomic E-state index is 6.00. The molecule has 0 radical (unpaired) electrons. The molecule has 0 aromatic carbocycles. The van der Waals surface area contributed by atoms with Gasteiger partial charge in [0.1, 0.15) is 0 Å². The van der Waals surface area contributed by atoms with Gasteiger partial charge in [-0.05, 0) is 50.3 Å². The summed E-state index contributed by atoms with van der Waals surface area (Å²) in [6.45, 7) is 7.27. The fourth-order valence-corrected chi connectivity index (χ4v) is 2.47. The van der Waals surface area contributed by atoms with Crippen molar-refractivity contribution in [2.45, 2.75) is 39.2 Å². The van der Waals surface area contributed by atoms with E-state index < -0.39 is 0 Å². The van der Waals surface area contributed by atoms with Gasteiger partial charge in [0.25, 0.3) is 0 Å². The summed E-state index contributed by atoms with van der Waals surface area (Å²) < 4.78 is 0. The second-order valence-electron chi connectivity index (χ2n) is 5.42. The molecule has 3 heteroatoms. The first-order valence-electron chi connectivity index (χ1n) is 7.11. The molecule has 0 spiro atoms. The zero-order valence-electron chi connectivity index (χ0n) is 11.6. The van der Waals surface area contributed by atoms with Gasteiger partial charge >= 0.3 is 0 Å². The molecule has 1 atom stereocenters. The lowest BCUT2D eigenvalue weighted by Gasteiger charge is -2.31. The predicted octanol–water partition coefficient (Wildman–Crippen LogP) is 2.51. The molecule has 2 rings (SSSR count). The number of hydrogen-bond donors (Lipinski definition) is 1. The third-order valence-electron chi connectivity index (χ3n) is 3.68. The molecule has 0 amide bonds. The van der Waals surface area contributed by atoms with E-state index in [-0.39, 0.29) is 0 Å². The van der Waals surface area contributed by atoms with Crippen LogP contribution in [0.1, 0.15) is 43.5 Å². The van der Waals surface area contributed by atoms with Crippen molar-refractivity contribution in [3.05, 3.63) is 29.6 Å². The van der Waals surface area contributed by atoms with Crippen LogP contribution in [0.25, 0.3) is 0 Å². The highest BCUT2D eigenvalue weighted by Gasteiger charge is 2.27. The van der Waals surface area contributed by atoms with Gasteiger partial charge in [0.2, 0.25) is 0 Å². The van der Waals surface area contributed by atoms with Crippen LogP contribution in [0.4, 0.5) is 0 Å². The fourth-order valence-electron chi connectivity index (χ4n) is 2.47. The van der Waals surface area contributed by atoms with Gasteiger partial charge in [0.15, 0.2) is 0 Å². The Morgan fingerprint density at radius 1 is 1.44 bits per heavy atom. The molecule has 1 aliphatic carbocycles. The van der Waals surface area contributed by atoms with Crippen LogP contribution in [0, 0.1) is 12.8 Å². The van der Waals surface area contributed by atoms with E-state index in [1.165, 1.54) is 31.4 Å². The summed E-state index contributed by atoms with van der Waals surface area (Å²) in [5, 5.41) is 0. The van der Waals surface area contributed by atoms with Gasteiger partial charge in [-0.2, -0.15) is 0 Å². The Hall–Kier alpha value is -0.930. The first kappa shape index (κ1) is 13.5. The van der Waals surface area contributed by atoms with Gasteiger partial charge in [-0.3, -0.25) is 9.88 Å². The molecule has 1 unspecified atom stereocenters. The normalized spacial score (nSPS) is 17.1. The number of hydrogen-bond acceptors (Lipinski definition) is 3. The molecule has 1 saturated carbocycles. The number of aromatic nitrogens is 1. The molecule has 100 valence electrons. The van der Waals surface area contributed by atoms with Gasteiger partial charge in [-0.25, -0.2) is 0 Å². The molecule has 0 aliphatic heterocycles. The molecule has 2 N–H and O–H groups in total. The number of aryl methyl sites for hydroxylation is 1. The summed E-state index contributed by atoms with van der Waals surface area (Å²) in [6, 6.07) is 4.59. The Kier molecular flexibility index (Phi) is 4.72. The van der Waals surface area contributed by atoms with Crippen LogP contribution in [0.3, 0.4) is 0 Å². The van der Waals surface area contributed by atoms with E-state index in [2.05, 4.69) is 28.9 Å². The molecule has 1 aromatic heterocycles. The van der Waals surface area contributed by atoms with E-state index >= 15 is 0 Å². The van der Waals surface area contributed by atoms with E-state index in [0.717, 1.165) is 18.2 Å². The highest BCUT2D eigenvalue weighted by atomic mass is 15.2. The molecule has 1 heterocycles. The molecule has 0 bridgehead atoms. The summed E-state index contributed by atoms with van der Waals surface area (Å²) in [7, 11) is 0. The second kappa shape index (κ2) is 6.30. The van der Waals surface area contributed by atoms with Crippen LogP contribution in [0.15, 0.2) is 18.3 Å². The Labute approximate surface area is 110 Å². The summed E-state index contributed by atoms with van der Waals surface area (Å²) in [6.07, 6.45) is 5.96. The summed E-state index contributed by atoms with van der Waals surface area (Å²) >= 11 is 0. The van der Waals surface area contributed by atoms with E-state index in [4.69, 9.17) is 5.73 Å². The Morgan fingerprint density at radius 2 is 2.22 bits per heavy atom. The Balaban J connectivity index is 2.09. The fraction of sp³-hybridized carbons (Fsp3) is 0.667. The average Bonchev–Trinajstić information content (AvgIpc) is 3.17. The molecule has 18 heavy (non-hydrogen) atoms. The zero-order valence-corrected chi connectivity index (χ0v) is 11.6. The van der Waals surface area contributed by atoms with E-state index in [9.17, 15) is 0 Å². The van der Waals surface area contributed by atoms with Gasteiger partial charge in [0.05, 0.1) is 0 Å². The van der Waals surface area contributed by atoms with Crippen molar-refractivity contribution in [2.75, 3.05) is 19.6 Å². The van der Waals surface area contributed by atoms with E-state index in [0.29, 0.717) is 12.6 Å². The van der Waals surface area contributed by atoms with Crippen molar-refractivity contribution in [3.8, 4) is 0 Å². The molecule has 3 nitrogen and oxygen atoms in total. The highest BCUT2D eigenvalue weighted by molar-refractivity contribution is 5.18. The summed E-state index contributed by atoms with van der Waals surface area (Å²) in [5.74, 6) is 0.906. The first-order valence-corrected chi connectivity index (χ1v) is 7.11. The van der Waals surface area contributed by atoms with Crippen LogP contribution in [0.5, 0.6) is 0 Å². The number of nitrogens with zero attached hydrogens (tertiary/aromatic N) is 2. The van der Waals surface area contributed by atoms with Crippen molar-refractivity contribution in [1.82, 2.24) is 9.88 Å². The molecular weight excluding hydrogens is 222 g/mol. The number of pyridine rings is 1. The summed E-state index contributed by atoms with van der Waals surface area (Å²) in [5.41, 5.74) is 8.33. The zero-order chi connectivity index (χ0) is 13.0. The lowest BCUT2D eigenvalue weighted by Crippen LogP contribution is -2.36. The second-order valence-corrected chi connectivity index (χ2v) is 5.42. The van der Waals surface area contributed by atoms with Crippen molar-refractivity contribution in [1.29, 1.82) is 0 Å². The predicted molar refractivity (Wildman–Crippen MR) is 75.4 cm³/mol. The average molecular weight is 247 g/mol. The maximum atomic E-state index is 6.00. The maximum Gasteiger partial charge on any atom is 0.0485 e. The summed E-state index contributed by atoms with van der Waals surface area (Å²) in [4.78, 5) is 6.95. The molecule has 1 fully saturated rings. The SMILES string of the molecule is CCCN(CC1CC1)C(CN)c1ccc(C)nc1. The van der Waals surface area contributed by atoms with Crippen molar-refractivity contribution in [3.63, 3.8) is 0 Å². The monoisotopic (exact) mass is 247 g/mol. The highest BCUT2D eigenvalue weighted by Crippen LogP contribution is 2.32. The van der Waals surface area contributed by atoms with Crippen LogP contribution in [0.2, 0.25) is 0 Å². The topological polar surface area (TPSA) is 42.1 Å². The standard InChI is InChI=1S/C15H25N3/c1-3-8-18(11-13-5-6-13)15(9-16)14-7-4-12(2)17-10-14/h4,7,10,13,15H,3,5-6,8-9,11,16H2,1-2H3. The third kappa shape index (κ3) is 3.53. The third-order valence-corrected chi connectivity index (χ3v) is 3.68. The first-order chi connectivity index (χ1) is 8.74. The van der Waals surface area contributed by atoms with Gasteiger partial charge in [0, 0.05) is 31.0 Å². The van der Waals surface area contributed by atoms with Crippen molar-refractivity contribution < 1.29 is 0 Å². The minimum atomic E-state index is 0.332. The minimum Gasteiger partial charge on any atom is -0.329 e. The lowest BCUT2D eigenvalue weighted by molar-refractivity contribution is 0.193. The number of nitrogens with two attached hydrogens (primary N) is 1. The lowest BCUT2D eigenvalue weighted by atomic mass is 10.1. The van der Waals surface area contributed by atoms with Crippen molar-refractivity contribution in [2.24, 2.45) is 11.7 Å². The van der Waals surface area contributed by atoms with Gasteiger partial charge < -0.3 is 5.73 Å². The van der Waals surface area contributed by atoms with Crippen LogP contribution >= 0.6 is 0 Å². The van der Waals surface area contributed by atoms with Crippen LogP contribution < -0.4 is 5.73 Å². The smallest absolute Gasteiger partial charge is 0.0485 e. The quantitative estimate of drug-likeness (QED) is 0.805. The van der Waals surface area contributed by atoms with Gasteiger partial charge in [-0.15, -0.1) is 0 Å². The molecule has 1 aromatic rings. The Morgan fingerprint density at radius 3 is 2.72 bits per heavy atom. The molecule has 1 aliphatic rings. The van der Waals surface area contributed by atoms with Gasteiger partial charge in [-0.1, -0.05) is 13.0 Å². The van der Waals surface area contributed by atoms with Crippen molar-refractivity contribution >= 4 is 0 Å². The van der Waals surface area contributed by atoms with E-state index in [1.807, 2.05) is 13.1 Å². The Bertz CT molecular complexity index is 357. The van der Waals surface area contributed by atoms with Crippen LogP contribution in [-0.4, -0.2) is 29.5 Å². The minimum absolute atomic E-state index is 0.332. The van der Waals surface area contributed by atoms with E-state index in [1.54, 1.807) is 0 Å². The number of rotatable bonds is 7. The molecule has 0 saturated heterocycles. The van der Waals surface area contributed by atoms with Crippen LogP contribution in [-0.2, 0) is 0 Å².